The number of imide groups is 1. The minimum absolute atomic E-state index is 0.178. The zero-order valence-electron chi connectivity index (χ0n) is 19.9. The summed E-state index contributed by atoms with van der Waals surface area (Å²) in [5.41, 5.74) is 5.37. The molecule has 2 aliphatic heterocycles. The highest BCUT2D eigenvalue weighted by molar-refractivity contribution is 6.05. The lowest BCUT2D eigenvalue weighted by molar-refractivity contribution is -0.136. The molecule has 0 aliphatic carbocycles. The van der Waals surface area contributed by atoms with E-state index in [0.717, 1.165) is 44.5 Å². The number of hydrogen-bond donors (Lipinski definition) is 1. The first kappa shape index (κ1) is 22.0. The average molecular weight is 481 g/mol. The second-order valence-electron chi connectivity index (χ2n) is 9.23. The van der Waals surface area contributed by atoms with Crippen molar-refractivity contribution in [2.45, 2.75) is 25.4 Å². The summed E-state index contributed by atoms with van der Waals surface area (Å²) in [6, 6.07) is 17.4. The topological polar surface area (TPSA) is 93.5 Å². The van der Waals surface area contributed by atoms with Crippen LogP contribution in [-0.4, -0.2) is 45.6 Å². The highest BCUT2D eigenvalue weighted by Gasteiger charge is 2.39. The summed E-state index contributed by atoms with van der Waals surface area (Å²) < 4.78 is 7.20. The Labute approximate surface area is 207 Å². The number of carbonyl (C=O) groups is 3. The van der Waals surface area contributed by atoms with Crippen molar-refractivity contribution in [2.75, 3.05) is 7.11 Å². The molecule has 3 aromatic carbocycles. The highest BCUT2D eigenvalue weighted by atomic mass is 16.5. The molecule has 180 valence electrons. The van der Waals surface area contributed by atoms with E-state index in [1.807, 2.05) is 54.3 Å². The molecular formula is C28H24N4O4. The number of fused-ring (bicyclic) bond motifs is 2. The Hall–Kier alpha value is -4.46. The normalized spacial score (nSPS) is 17.4. The van der Waals surface area contributed by atoms with Crippen LogP contribution in [0.25, 0.3) is 33.2 Å². The Kier molecular flexibility index (Phi) is 5.10. The summed E-state index contributed by atoms with van der Waals surface area (Å²) in [6.07, 6.45) is 2.42. The minimum atomic E-state index is -0.628. The third-order valence-corrected chi connectivity index (χ3v) is 7.09. The number of nitrogens with one attached hydrogen (secondary N) is 1. The van der Waals surface area contributed by atoms with Gasteiger partial charge < -0.3 is 9.64 Å². The van der Waals surface area contributed by atoms with Gasteiger partial charge in [0.25, 0.3) is 5.91 Å². The number of carbonyl (C=O) groups excluding carboxylic acids is 3. The zero-order valence-corrected chi connectivity index (χ0v) is 19.9. The fraction of sp³-hybridized carbons (Fsp3) is 0.214. The van der Waals surface area contributed by atoms with E-state index in [0.29, 0.717) is 18.5 Å². The Morgan fingerprint density at radius 2 is 1.72 bits per heavy atom. The minimum Gasteiger partial charge on any atom is -0.497 e. The summed E-state index contributed by atoms with van der Waals surface area (Å²) in [4.78, 5) is 38.5. The molecule has 1 saturated heterocycles. The molecule has 2 aliphatic rings. The van der Waals surface area contributed by atoms with Crippen LogP contribution in [0, 0.1) is 0 Å². The number of nitrogens with zero attached hydrogens (tertiary/aromatic N) is 3. The summed E-state index contributed by atoms with van der Waals surface area (Å²) in [5, 5.41) is 9.06. The second kappa shape index (κ2) is 8.34. The summed E-state index contributed by atoms with van der Waals surface area (Å²) >= 11 is 0. The van der Waals surface area contributed by atoms with Crippen molar-refractivity contribution in [1.29, 1.82) is 0 Å². The van der Waals surface area contributed by atoms with Gasteiger partial charge >= 0.3 is 0 Å². The van der Waals surface area contributed by atoms with E-state index in [2.05, 4.69) is 28.6 Å². The smallest absolute Gasteiger partial charge is 0.255 e. The number of methoxy groups -OCH3 is 1. The molecule has 1 aromatic heterocycles. The maximum atomic E-state index is 13.1. The van der Waals surface area contributed by atoms with Crippen LogP contribution < -0.4 is 10.1 Å². The fourth-order valence-corrected chi connectivity index (χ4v) is 5.23. The number of hydrogen-bond acceptors (Lipinski definition) is 5. The molecule has 1 fully saturated rings. The molecule has 1 atom stereocenters. The first-order valence-corrected chi connectivity index (χ1v) is 11.8. The SMILES string of the molecule is COc1ccc2cc(-c3c(-c4ccc5c(c4)CN(C4CCC(=O)NC4=O)C5=O)cnn3C)ccc2c1. The predicted octanol–water partition coefficient (Wildman–Crippen LogP) is 3.68. The van der Waals surface area contributed by atoms with Crippen LogP contribution in [0.15, 0.2) is 60.8 Å². The van der Waals surface area contributed by atoms with Gasteiger partial charge in [0.1, 0.15) is 11.8 Å². The Balaban J connectivity index is 1.35. The number of rotatable bonds is 4. The Morgan fingerprint density at radius 1 is 0.944 bits per heavy atom. The van der Waals surface area contributed by atoms with E-state index in [1.54, 1.807) is 12.0 Å². The van der Waals surface area contributed by atoms with Crippen LogP contribution in [-0.2, 0) is 23.2 Å². The van der Waals surface area contributed by atoms with Crippen LogP contribution in [0.2, 0.25) is 0 Å². The van der Waals surface area contributed by atoms with Crippen LogP contribution in [0.3, 0.4) is 0 Å². The van der Waals surface area contributed by atoms with Gasteiger partial charge in [-0.25, -0.2) is 0 Å². The molecule has 0 spiro atoms. The van der Waals surface area contributed by atoms with Crippen molar-refractivity contribution in [3.8, 4) is 28.1 Å². The number of amides is 3. The molecular weight excluding hydrogens is 456 g/mol. The van der Waals surface area contributed by atoms with Crippen molar-refractivity contribution < 1.29 is 19.1 Å². The number of benzene rings is 3. The zero-order chi connectivity index (χ0) is 25.0. The number of ether oxygens (including phenoxy) is 1. The lowest BCUT2D eigenvalue weighted by Crippen LogP contribution is -2.52. The Morgan fingerprint density at radius 3 is 2.53 bits per heavy atom. The van der Waals surface area contributed by atoms with Gasteiger partial charge in [-0.2, -0.15) is 5.10 Å². The standard InChI is InChI=1S/C28H24N4O4/c1-31-26(19-4-3-17-13-21(36-2)7-5-16(17)11-19)23(14-29-31)18-6-8-22-20(12-18)15-32(28(22)35)24-9-10-25(33)30-27(24)34/h3-8,11-14,24H,9-10,15H2,1-2H3,(H,30,33,34). The number of piperidine rings is 1. The largest absolute Gasteiger partial charge is 0.497 e. The second-order valence-corrected chi connectivity index (χ2v) is 9.23. The summed E-state index contributed by atoms with van der Waals surface area (Å²) in [7, 11) is 3.57. The van der Waals surface area contributed by atoms with E-state index in [1.165, 1.54) is 0 Å². The molecule has 3 amide bonds. The van der Waals surface area contributed by atoms with Crippen LogP contribution in [0.4, 0.5) is 0 Å². The lowest BCUT2D eigenvalue weighted by Gasteiger charge is -2.29. The predicted molar refractivity (Wildman–Crippen MR) is 134 cm³/mol. The molecule has 0 saturated carbocycles. The monoisotopic (exact) mass is 480 g/mol. The van der Waals surface area contributed by atoms with Gasteiger partial charge in [0, 0.05) is 36.7 Å². The molecule has 0 radical (unpaired) electrons. The first-order valence-electron chi connectivity index (χ1n) is 11.8. The van der Waals surface area contributed by atoms with Crippen molar-refractivity contribution in [3.63, 3.8) is 0 Å². The molecule has 4 aromatic rings. The summed E-state index contributed by atoms with van der Waals surface area (Å²) in [5.74, 6) is -0.0614. The number of aryl methyl sites for hydroxylation is 1. The Bertz CT molecular complexity index is 1570. The lowest BCUT2D eigenvalue weighted by atomic mass is 9.97. The van der Waals surface area contributed by atoms with Crippen LogP contribution in [0.1, 0.15) is 28.8 Å². The van der Waals surface area contributed by atoms with Gasteiger partial charge in [-0.1, -0.05) is 24.3 Å². The van der Waals surface area contributed by atoms with Gasteiger partial charge in [-0.05, 0) is 58.7 Å². The highest BCUT2D eigenvalue weighted by Crippen LogP contribution is 2.36. The molecule has 0 bridgehead atoms. The number of aromatic nitrogens is 2. The van der Waals surface area contributed by atoms with Gasteiger partial charge in [-0.15, -0.1) is 0 Å². The molecule has 6 rings (SSSR count). The van der Waals surface area contributed by atoms with Crippen molar-refractivity contribution in [3.05, 3.63) is 71.9 Å². The first-order chi connectivity index (χ1) is 17.4. The molecule has 8 heteroatoms. The maximum Gasteiger partial charge on any atom is 0.255 e. The van der Waals surface area contributed by atoms with E-state index in [4.69, 9.17) is 4.74 Å². The van der Waals surface area contributed by atoms with Crippen LogP contribution >= 0.6 is 0 Å². The third kappa shape index (κ3) is 3.53. The van der Waals surface area contributed by atoms with E-state index < -0.39 is 11.9 Å². The average Bonchev–Trinajstić information content (AvgIpc) is 3.42. The molecule has 1 unspecified atom stereocenters. The van der Waals surface area contributed by atoms with E-state index in [9.17, 15) is 14.4 Å². The molecule has 3 heterocycles. The molecule has 1 N–H and O–H groups in total. The quantitative estimate of drug-likeness (QED) is 0.450. The molecule has 8 nitrogen and oxygen atoms in total. The van der Waals surface area contributed by atoms with Gasteiger partial charge in [0.15, 0.2) is 0 Å². The van der Waals surface area contributed by atoms with Crippen molar-refractivity contribution in [2.24, 2.45) is 7.05 Å². The van der Waals surface area contributed by atoms with Crippen molar-refractivity contribution >= 4 is 28.5 Å². The summed E-state index contributed by atoms with van der Waals surface area (Å²) in [6.45, 7) is 0.335. The molecule has 36 heavy (non-hydrogen) atoms. The van der Waals surface area contributed by atoms with Crippen molar-refractivity contribution in [1.82, 2.24) is 20.0 Å². The van der Waals surface area contributed by atoms with E-state index >= 15 is 0 Å². The van der Waals surface area contributed by atoms with Gasteiger partial charge in [0.2, 0.25) is 11.8 Å². The fourth-order valence-electron chi connectivity index (χ4n) is 5.23. The van der Waals surface area contributed by atoms with Gasteiger partial charge in [0.05, 0.1) is 19.0 Å². The van der Waals surface area contributed by atoms with E-state index in [-0.39, 0.29) is 18.2 Å². The van der Waals surface area contributed by atoms with Crippen LogP contribution in [0.5, 0.6) is 5.75 Å². The third-order valence-electron chi connectivity index (χ3n) is 7.09. The maximum absolute atomic E-state index is 13.1. The van der Waals surface area contributed by atoms with Gasteiger partial charge in [-0.3, -0.25) is 24.4 Å².